The molecule has 0 bridgehead atoms. The molecule has 5 heteroatoms. The van der Waals surface area contributed by atoms with E-state index in [1.54, 1.807) is 36.4 Å². The smallest absolute Gasteiger partial charge is 0.255 e. The lowest BCUT2D eigenvalue weighted by molar-refractivity contribution is 0.102. The summed E-state index contributed by atoms with van der Waals surface area (Å²) in [4.78, 5) is 12.0. The van der Waals surface area contributed by atoms with Crippen molar-refractivity contribution >= 4 is 50.7 Å². The minimum Gasteiger partial charge on any atom is -0.321 e. The number of hydrogen-bond acceptors (Lipinski definition) is 1. The molecule has 0 fully saturated rings. The maximum Gasteiger partial charge on any atom is 0.255 e. The Morgan fingerprint density at radius 3 is 2.56 bits per heavy atom. The molecule has 18 heavy (non-hydrogen) atoms. The SMILES string of the molecule is O=C(Nc1cccc(Cl)c1Cl)c1cccc(Br)c1. The maximum atomic E-state index is 12.0. The number of rotatable bonds is 2. The van der Waals surface area contributed by atoms with Crippen molar-refractivity contribution in [3.63, 3.8) is 0 Å². The highest BCUT2D eigenvalue weighted by atomic mass is 79.9. The Hall–Kier alpha value is -1.03. The molecule has 0 saturated carbocycles. The molecule has 1 N–H and O–H groups in total. The van der Waals surface area contributed by atoms with E-state index in [-0.39, 0.29) is 5.91 Å². The Labute approximate surface area is 123 Å². The number of hydrogen-bond donors (Lipinski definition) is 1. The highest BCUT2D eigenvalue weighted by Crippen LogP contribution is 2.29. The topological polar surface area (TPSA) is 29.1 Å². The fraction of sp³-hybridized carbons (Fsp3) is 0. The molecule has 2 rings (SSSR count). The van der Waals surface area contributed by atoms with Gasteiger partial charge in [0.05, 0.1) is 15.7 Å². The Kier molecular flexibility index (Phi) is 4.27. The molecule has 2 nitrogen and oxygen atoms in total. The number of nitrogens with one attached hydrogen (secondary N) is 1. The summed E-state index contributed by atoms with van der Waals surface area (Å²) in [7, 11) is 0. The van der Waals surface area contributed by atoms with E-state index in [9.17, 15) is 4.79 Å². The van der Waals surface area contributed by atoms with E-state index < -0.39 is 0 Å². The maximum absolute atomic E-state index is 12.0. The van der Waals surface area contributed by atoms with Crippen LogP contribution in [0.4, 0.5) is 5.69 Å². The van der Waals surface area contributed by atoms with E-state index in [4.69, 9.17) is 23.2 Å². The summed E-state index contributed by atoms with van der Waals surface area (Å²) in [5.41, 5.74) is 1.04. The lowest BCUT2D eigenvalue weighted by Gasteiger charge is -2.08. The van der Waals surface area contributed by atoms with Gasteiger partial charge in [0.2, 0.25) is 0 Å². The second-order valence-electron chi connectivity index (χ2n) is 3.57. The molecule has 0 saturated heterocycles. The third-order valence-electron chi connectivity index (χ3n) is 2.29. The molecular formula is C13H8BrCl2NO. The van der Waals surface area contributed by atoms with E-state index in [0.717, 1.165) is 4.47 Å². The molecular weight excluding hydrogens is 337 g/mol. The van der Waals surface area contributed by atoms with Gasteiger partial charge in [-0.2, -0.15) is 0 Å². The minimum absolute atomic E-state index is 0.236. The second-order valence-corrected chi connectivity index (χ2v) is 5.27. The quantitative estimate of drug-likeness (QED) is 0.815. The zero-order valence-corrected chi connectivity index (χ0v) is 12.2. The van der Waals surface area contributed by atoms with Crippen LogP contribution in [-0.2, 0) is 0 Å². The molecule has 0 unspecified atom stereocenters. The summed E-state index contributed by atoms with van der Waals surface area (Å²) in [6.45, 7) is 0. The first-order valence-electron chi connectivity index (χ1n) is 5.09. The molecule has 2 aromatic carbocycles. The standard InChI is InChI=1S/C13H8BrCl2NO/c14-9-4-1-3-8(7-9)13(18)17-11-6-2-5-10(15)12(11)16/h1-7H,(H,17,18). The molecule has 1 amide bonds. The molecule has 0 heterocycles. The molecule has 0 aliphatic heterocycles. The van der Waals surface area contributed by atoms with Crippen LogP contribution < -0.4 is 5.32 Å². The number of carbonyl (C=O) groups is 1. The predicted molar refractivity (Wildman–Crippen MR) is 78.6 cm³/mol. The van der Waals surface area contributed by atoms with Gasteiger partial charge >= 0.3 is 0 Å². The van der Waals surface area contributed by atoms with Crippen molar-refractivity contribution in [1.82, 2.24) is 0 Å². The van der Waals surface area contributed by atoms with Gasteiger partial charge in [-0.05, 0) is 30.3 Å². The molecule has 2 aromatic rings. The van der Waals surface area contributed by atoms with Crippen LogP contribution in [0.2, 0.25) is 10.0 Å². The van der Waals surface area contributed by atoms with Gasteiger partial charge in [-0.1, -0.05) is 51.3 Å². The normalized spacial score (nSPS) is 10.2. The Balaban J connectivity index is 2.24. The van der Waals surface area contributed by atoms with Gasteiger partial charge in [-0.15, -0.1) is 0 Å². The number of halogens is 3. The average molecular weight is 345 g/mol. The third-order valence-corrected chi connectivity index (χ3v) is 3.60. The molecule has 0 aliphatic carbocycles. The molecule has 0 aliphatic rings. The zero-order chi connectivity index (χ0) is 13.1. The zero-order valence-electron chi connectivity index (χ0n) is 9.08. The summed E-state index contributed by atoms with van der Waals surface area (Å²) in [5, 5.41) is 3.46. The Bertz CT molecular complexity index is 601. The Morgan fingerprint density at radius 1 is 1.11 bits per heavy atom. The summed E-state index contributed by atoms with van der Waals surface area (Å²) in [6, 6.07) is 12.2. The van der Waals surface area contributed by atoms with Gasteiger partial charge in [0.1, 0.15) is 0 Å². The lowest BCUT2D eigenvalue weighted by Crippen LogP contribution is -2.12. The van der Waals surface area contributed by atoms with Crippen molar-refractivity contribution in [2.45, 2.75) is 0 Å². The largest absolute Gasteiger partial charge is 0.321 e. The fourth-order valence-electron chi connectivity index (χ4n) is 1.42. The van der Waals surface area contributed by atoms with Crippen molar-refractivity contribution in [3.8, 4) is 0 Å². The number of carbonyl (C=O) groups excluding carboxylic acids is 1. The Morgan fingerprint density at radius 2 is 1.83 bits per heavy atom. The molecule has 92 valence electrons. The first kappa shape index (κ1) is 13.4. The van der Waals surface area contributed by atoms with Crippen molar-refractivity contribution in [2.75, 3.05) is 5.32 Å². The van der Waals surface area contributed by atoms with Crippen molar-refractivity contribution in [3.05, 3.63) is 62.5 Å². The highest BCUT2D eigenvalue weighted by Gasteiger charge is 2.10. The van der Waals surface area contributed by atoms with Crippen LogP contribution in [0.25, 0.3) is 0 Å². The number of anilines is 1. The van der Waals surface area contributed by atoms with E-state index in [1.807, 2.05) is 6.07 Å². The van der Waals surface area contributed by atoms with Crippen molar-refractivity contribution in [1.29, 1.82) is 0 Å². The number of amides is 1. The van der Waals surface area contributed by atoms with E-state index in [1.165, 1.54) is 0 Å². The van der Waals surface area contributed by atoms with Gasteiger partial charge in [0.25, 0.3) is 5.91 Å². The van der Waals surface area contributed by atoms with Crippen LogP contribution in [0.5, 0.6) is 0 Å². The molecule has 0 spiro atoms. The first-order chi connectivity index (χ1) is 8.58. The minimum atomic E-state index is -0.236. The summed E-state index contributed by atoms with van der Waals surface area (Å²) >= 11 is 15.2. The number of benzene rings is 2. The first-order valence-corrected chi connectivity index (χ1v) is 6.64. The van der Waals surface area contributed by atoms with Crippen LogP contribution in [-0.4, -0.2) is 5.91 Å². The van der Waals surface area contributed by atoms with E-state index >= 15 is 0 Å². The summed E-state index contributed by atoms with van der Waals surface area (Å²) < 4.78 is 0.840. The van der Waals surface area contributed by atoms with Gasteiger partial charge in [-0.3, -0.25) is 4.79 Å². The van der Waals surface area contributed by atoms with Crippen molar-refractivity contribution < 1.29 is 4.79 Å². The van der Waals surface area contributed by atoms with Crippen LogP contribution >= 0.6 is 39.1 Å². The second kappa shape index (κ2) is 5.74. The van der Waals surface area contributed by atoms with Gasteiger partial charge in [-0.25, -0.2) is 0 Å². The monoisotopic (exact) mass is 343 g/mol. The van der Waals surface area contributed by atoms with Gasteiger partial charge in [0, 0.05) is 10.0 Å². The molecule has 0 aromatic heterocycles. The van der Waals surface area contributed by atoms with Gasteiger partial charge in [0.15, 0.2) is 0 Å². The van der Waals surface area contributed by atoms with Crippen molar-refractivity contribution in [2.24, 2.45) is 0 Å². The van der Waals surface area contributed by atoms with Gasteiger partial charge < -0.3 is 5.32 Å². The third kappa shape index (κ3) is 3.05. The average Bonchev–Trinajstić information content (AvgIpc) is 2.35. The summed E-state index contributed by atoms with van der Waals surface area (Å²) in [5.74, 6) is -0.236. The lowest BCUT2D eigenvalue weighted by atomic mass is 10.2. The van der Waals surface area contributed by atoms with Crippen LogP contribution in [0.15, 0.2) is 46.9 Å². The van der Waals surface area contributed by atoms with Crippen LogP contribution in [0, 0.1) is 0 Å². The van der Waals surface area contributed by atoms with E-state index in [2.05, 4.69) is 21.2 Å². The van der Waals surface area contributed by atoms with E-state index in [0.29, 0.717) is 21.3 Å². The summed E-state index contributed by atoms with van der Waals surface area (Å²) in [6.07, 6.45) is 0. The predicted octanol–water partition coefficient (Wildman–Crippen LogP) is 5.01. The highest BCUT2D eigenvalue weighted by molar-refractivity contribution is 9.10. The van der Waals surface area contributed by atoms with Crippen LogP contribution in [0.1, 0.15) is 10.4 Å². The molecule has 0 atom stereocenters. The fourth-order valence-corrected chi connectivity index (χ4v) is 2.17. The van der Waals surface area contributed by atoms with Crippen LogP contribution in [0.3, 0.4) is 0 Å². The molecule has 0 radical (unpaired) electrons.